The van der Waals surface area contributed by atoms with Gasteiger partial charge in [0.1, 0.15) is 0 Å². The Kier molecular flexibility index (Phi) is 4.44. The third kappa shape index (κ3) is 3.46. The van der Waals surface area contributed by atoms with Crippen LogP contribution in [0.25, 0.3) is 0 Å². The Labute approximate surface area is 114 Å². The number of nitrogens with two attached hydrogens (primary N) is 1. The minimum atomic E-state index is -3.49. The average Bonchev–Trinajstić information content (AvgIpc) is 2.39. The van der Waals surface area contributed by atoms with Crippen LogP contribution >= 0.6 is 0 Å². The number of benzene rings is 1. The van der Waals surface area contributed by atoms with Gasteiger partial charge in [-0.25, -0.2) is 13.1 Å². The van der Waals surface area contributed by atoms with Crippen LogP contribution in [0, 0.1) is 0 Å². The molecule has 1 fully saturated rings. The maximum absolute atomic E-state index is 12.2. The molecular weight excluding hydrogens is 264 g/mol. The van der Waals surface area contributed by atoms with E-state index in [2.05, 4.69) is 4.72 Å². The normalized spacial score (nSPS) is 17.5. The lowest BCUT2D eigenvalue weighted by Crippen LogP contribution is -2.38. The van der Waals surface area contributed by atoms with Crippen molar-refractivity contribution in [1.29, 1.82) is 0 Å². The van der Waals surface area contributed by atoms with Gasteiger partial charge in [0.05, 0.1) is 4.90 Å². The first-order valence-electron chi connectivity index (χ1n) is 6.51. The summed E-state index contributed by atoms with van der Waals surface area (Å²) in [4.78, 5) is 0.230. The molecule has 0 saturated carbocycles. The molecule has 0 bridgehead atoms. The van der Waals surface area contributed by atoms with E-state index in [1.807, 2.05) is 6.92 Å². The molecule has 1 aromatic rings. The number of nitrogens with one attached hydrogen (secondary N) is 1. The van der Waals surface area contributed by atoms with E-state index in [1.165, 1.54) is 6.07 Å². The van der Waals surface area contributed by atoms with Crippen molar-refractivity contribution >= 4 is 15.7 Å². The summed E-state index contributed by atoms with van der Waals surface area (Å²) in [5.41, 5.74) is 7.34. The molecule has 0 atom stereocenters. The van der Waals surface area contributed by atoms with Gasteiger partial charge in [-0.05, 0) is 37.0 Å². The molecule has 1 saturated heterocycles. The second kappa shape index (κ2) is 5.90. The summed E-state index contributed by atoms with van der Waals surface area (Å²) in [6.07, 6.45) is 2.21. The zero-order chi connectivity index (χ0) is 13.9. The molecule has 1 aliphatic heterocycles. The number of anilines is 1. The molecule has 0 aliphatic carbocycles. The van der Waals surface area contributed by atoms with Crippen molar-refractivity contribution in [3.05, 3.63) is 23.8 Å². The number of aryl methyl sites for hydroxylation is 1. The van der Waals surface area contributed by atoms with E-state index in [9.17, 15) is 8.42 Å². The number of rotatable bonds is 4. The highest BCUT2D eigenvalue weighted by Gasteiger charge is 2.22. The Morgan fingerprint density at radius 1 is 1.37 bits per heavy atom. The Hall–Kier alpha value is -1.11. The minimum Gasteiger partial charge on any atom is -0.398 e. The molecule has 6 heteroatoms. The topological polar surface area (TPSA) is 81.4 Å². The van der Waals surface area contributed by atoms with Crippen LogP contribution in [0.15, 0.2) is 23.1 Å². The first kappa shape index (κ1) is 14.3. The number of sulfonamides is 1. The summed E-state index contributed by atoms with van der Waals surface area (Å²) in [6, 6.07) is 4.86. The van der Waals surface area contributed by atoms with Crippen molar-refractivity contribution in [1.82, 2.24) is 4.72 Å². The predicted octanol–water partition coefficient (Wildman–Crippen LogP) is 1.29. The van der Waals surface area contributed by atoms with Gasteiger partial charge in [-0.2, -0.15) is 0 Å². The van der Waals surface area contributed by atoms with Gasteiger partial charge in [-0.1, -0.05) is 13.0 Å². The third-order valence-corrected chi connectivity index (χ3v) is 4.87. The first-order chi connectivity index (χ1) is 9.03. The highest BCUT2D eigenvalue weighted by Crippen LogP contribution is 2.19. The molecule has 1 aromatic carbocycles. The Bertz CT molecular complexity index is 537. The zero-order valence-electron chi connectivity index (χ0n) is 11.1. The molecule has 0 amide bonds. The fraction of sp³-hybridized carbons (Fsp3) is 0.538. The molecule has 1 heterocycles. The average molecular weight is 284 g/mol. The largest absolute Gasteiger partial charge is 0.398 e. The van der Waals surface area contributed by atoms with E-state index in [-0.39, 0.29) is 10.9 Å². The second-order valence-corrected chi connectivity index (χ2v) is 6.44. The molecule has 3 N–H and O–H groups in total. The van der Waals surface area contributed by atoms with Crippen LogP contribution < -0.4 is 10.5 Å². The van der Waals surface area contributed by atoms with Crippen LogP contribution in [0.1, 0.15) is 25.3 Å². The maximum atomic E-state index is 12.2. The van der Waals surface area contributed by atoms with Crippen LogP contribution in [0.4, 0.5) is 5.69 Å². The fourth-order valence-electron chi connectivity index (χ4n) is 2.17. The molecule has 1 aliphatic rings. The first-order valence-corrected chi connectivity index (χ1v) is 7.99. The van der Waals surface area contributed by atoms with Crippen LogP contribution in [0.5, 0.6) is 0 Å². The molecule has 106 valence electrons. The molecule has 0 aromatic heterocycles. The van der Waals surface area contributed by atoms with Crippen LogP contribution in [-0.2, 0) is 21.2 Å². The molecular formula is C13H20N2O3S. The number of hydrogen-bond acceptors (Lipinski definition) is 4. The smallest absolute Gasteiger partial charge is 0.240 e. The lowest BCUT2D eigenvalue weighted by atomic mass is 10.1. The van der Waals surface area contributed by atoms with Gasteiger partial charge in [0.2, 0.25) is 10.0 Å². The van der Waals surface area contributed by atoms with Gasteiger partial charge in [0.15, 0.2) is 0 Å². The SMILES string of the molecule is CCc1ccc(S(=O)(=O)NC2CCOCC2)cc1N. The molecule has 0 spiro atoms. The van der Waals surface area contributed by atoms with Crippen molar-refractivity contribution in [3.63, 3.8) is 0 Å². The van der Waals surface area contributed by atoms with Gasteiger partial charge in [-0.3, -0.25) is 0 Å². The van der Waals surface area contributed by atoms with E-state index in [0.29, 0.717) is 31.7 Å². The van der Waals surface area contributed by atoms with E-state index >= 15 is 0 Å². The van der Waals surface area contributed by atoms with Crippen molar-refractivity contribution in [2.45, 2.75) is 37.1 Å². The van der Waals surface area contributed by atoms with E-state index in [0.717, 1.165) is 12.0 Å². The Morgan fingerprint density at radius 3 is 2.63 bits per heavy atom. The van der Waals surface area contributed by atoms with Crippen molar-refractivity contribution in [2.24, 2.45) is 0 Å². The summed E-state index contributed by atoms with van der Waals surface area (Å²) in [5, 5.41) is 0. The van der Waals surface area contributed by atoms with Gasteiger partial charge < -0.3 is 10.5 Å². The van der Waals surface area contributed by atoms with Gasteiger partial charge in [-0.15, -0.1) is 0 Å². The highest BCUT2D eigenvalue weighted by molar-refractivity contribution is 7.89. The number of hydrogen-bond donors (Lipinski definition) is 2. The monoisotopic (exact) mass is 284 g/mol. The molecule has 19 heavy (non-hydrogen) atoms. The van der Waals surface area contributed by atoms with Gasteiger partial charge in [0.25, 0.3) is 0 Å². The molecule has 2 rings (SSSR count). The molecule has 5 nitrogen and oxygen atoms in total. The van der Waals surface area contributed by atoms with E-state index < -0.39 is 10.0 Å². The minimum absolute atomic E-state index is 0.0502. The quantitative estimate of drug-likeness (QED) is 0.816. The zero-order valence-corrected chi connectivity index (χ0v) is 11.9. The Balaban J connectivity index is 2.16. The summed E-state index contributed by atoms with van der Waals surface area (Å²) in [5.74, 6) is 0. The third-order valence-electron chi connectivity index (χ3n) is 3.35. The summed E-state index contributed by atoms with van der Waals surface area (Å²) < 4.78 is 32.4. The second-order valence-electron chi connectivity index (χ2n) is 4.72. The maximum Gasteiger partial charge on any atom is 0.240 e. The summed E-state index contributed by atoms with van der Waals surface area (Å²) >= 11 is 0. The van der Waals surface area contributed by atoms with Crippen molar-refractivity contribution in [3.8, 4) is 0 Å². The van der Waals surface area contributed by atoms with Crippen molar-refractivity contribution in [2.75, 3.05) is 18.9 Å². The summed E-state index contributed by atoms with van der Waals surface area (Å²) in [6.45, 7) is 3.19. The van der Waals surface area contributed by atoms with Gasteiger partial charge in [0, 0.05) is 24.9 Å². The fourth-order valence-corrected chi connectivity index (χ4v) is 3.50. The number of ether oxygens (including phenoxy) is 1. The highest BCUT2D eigenvalue weighted by atomic mass is 32.2. The lowest BCUT2D eigenvalue weighted by molar-refractivity contribution is 0.0832. The van der Waals surface area contributed by atoms with Crippen molar-refractivity contribution < 1.29 is 13.2 Å². The number of nitrogen functional groups attached to an aromatic ring is 1. The van der Waals surface area contributed by atoms with E-state index in [4.69, 9.17) is 10.5 Å². The summed E-state index contributed by atoms with van der Waals surface area (Å²) in [7, 11) is -3.49. The lowest BCUT2D eigenvalue weighted by Gasteiger charge is -2.23. The molecule has 0 unspecified atom stereocenters. The van der Waals surface area contributed by atoms with Crippen LogP contribution in [0.2, 0.25) is 0 Å². The molecule has 0 radical (unpaired) electrons. The van der Waals surface area contributed by atoms with Crippen LogP contribution in [-0.4, -0.2) is 27.7 Å². The van der Waals surface area contributed by atoms with Crippen LogP contribution in [0.3, 0.4) is 0 Å². The predicted molar refractivity (Wildman–Crippen MR) is 74.4 cm³/mol. The van der Waals surface area contributed by atoms with Gasteiger partial charge >= 0.3 is 0 Å². The Morgan fingerprint density at radius 2 is 2.05 bits per heavy atom. The standard InChI is InChI=1S/C13H20N2O3S/c1-2-10-3-4-12(9-13(10)14)19(16,17)15-11-5-7-18-8-6-11/h3-4,9,11,15H,2,5-8,14H2,1H3. The van der Waals surface area contributed by atoms with E-state index in [1.54, 1.807) is 12.1 Å².